The second kappa shape index (κ2) is 6.50. The van der Waals surface area contributed by atoms with Crippen LogP contribution >= 0.6 is 22.9 Å². The molecular formula is C19H14ClN7S. The first kappa shape index (κ1) is 17.0. The van der Waals surface area contributed by atoms with Crippen molar-refractivity contribution in [2.45, 2.75) is 13.8 Å². The van der Waals surface area contributed by atoms with Gasteiger partial charge in [0.1, 0.15) is 5.01 Å². The van der Waals surface area contributed by atoms with Gasteiger partial charge < -0.3 is 0 Å². The predicted molar refractivity (Wildman–Crippen MR) is 109 cm³/mol. The molecule has 3 heterocycles. The summed E-state index contributed by atoms with van der Waals surface area (Å²) in [7, 11) is 0. The molecule has 9 heteroatoms. The lowest BCUT2D eigenvalue weighted by Crippen LogP contribution is -1.99. The van der Waals surface area contributed by atoms with Gasteiger partial charge in [0.05, 0.1) is 11.4 Å². The number of benzene rings is 2. The van der Waals surface area contributed by atoms with E-state index in [0.29, 0.717) is 21.5 Å². The first-order valence-corrected chi connectivity index (χ1v) is 9.77. The summed E-state index contributed by atoms with van der Waals surface area (Å²) in [5, 5.41) is 23.4. The van der Waals surface area contributed by atoms with Crippen LogP contribution in [0.4, 0.5) is 0 Å². The molecule has 0 unspecified atom stereocenters. The molecule has 0 aliphatic rings. The van der Waals surface area contributed by atoms with Crippen molar-refractivity contribution in [2.24, 2.45) is 0 Å². The highest BCUT2D eigenvalue weighted by atomic mass is 35.5. The molecule has 7 nitrogen and oxygen atoms in total. The third-order valence-corrected chi connectivity index (χ3v) is 5.63. The maximum absolute atomic E-state index is 5.98. The summed E-state index contributed by atoms with van der Waals surface area (Å²) in [6.07, 6.45) is 0. The number of nitrogens with zero attached hydrogens (tertiary/aromatic N) is 7. The minimum absolute atomic E-state index is 0.572. The highest BCUT2D eigenvalue weighted by molar-refractivity contribution is 7.19. The van der Waals surface area contributed by atoms with E-state index in [0.717, 1.165) is 22.0 Å². The van der Waals surface area contributed by atoms with E-state index < -0.39 is 0 Å². The Bertz CT molecular complexity index is 1300. The largest absolute Gasteiger partial charge is 0.235 e. The van der Waals surface area contributed by atoms with Crippen LogP contribution in [0.25, 0.3) is 32.7 Å². The molecule has 5 rings (SSSR count). The standard InChI is InChI=1S/C19H14ClN7S/c1-11-4-3-5-13(10-11)18-24-27-17(22-23-19(27)28-18)16-12(2)26(25-21-16)15-8-6-14(20)7-9-15/h3-10H,1-2H3. The van der Waals surface area contributed by atoms with E-state index in [2.05, 4.69) is 39.6 Å². The van der Waals surface area contributed by atoms with Crippen LogP contribution in [0, 0.1) is 13.8 Å². The van der Waals surface area contributed by atoms with Gasteiger partial charge in [0.15, 0.2) is 5.69 Å². The molecule has 0 amide bonds. The zero-order chi connectivity index (χ0) is 19.3. The minimum Gasteiger partial charge on any atom is -0.217 e. The third-order valence-electron chi connectivity index (χ3n) is 4.43. The molecular weight excluding hydrogens is 394 g/mol. The van der Waals surface area contributed by atoms with Crippen molar-refractivity contribution < 1.29 is 0 Å². The van der Waals surface area contributed by atoms with Crippen LogP contribution in [0.3, 0.4) is 0 Å². The van der Waals surface area contributed by atoms with Crippen molar-refractivity contribution in [3.63, 3.8) is 0 Å². The molecule has 0 spiro atoms. The average Bonchev–Trinajstić information content (AvgIpc) is 3.37. The Morgan fingerprint density at radius 1 is 0.964 bits per heavy atom. The lowest BCUT2D eigenvalue weighted by Gasteiger charge is -2.03. The molecule has 0 saturated heterocycles. The zero-order valence-corrected chi connectivity index (χ0v) is 16.6. The summed E-state index contributed by atoms with van der Waals surface area (Å²) in [5.41, 5.74) is 4.61. The fourth-order valence-electron chi connectivity index (χ4n) is 3.02. The maximum Gasteiger partial charge on any atom is 0.235 e. The highest BCUT2D eigenvalue weighted by Gasteiger charge is 2.20. The van der Waals surface area contributed by atoms with E-state index in [4.69, 9.17) is 16.7 Å². The summed E-state index contributed by atoms with van der Waals surface area (Å²) >= 11 is 7.47. The number of aromatic nitrogens is 7. The molecule has 28 heavy (non-hydrogen) atoms. The van der Waals surface area contributed by atoms with E-state index >= 15 is 0 Å². The number of hydrogen-bond acceptors (Lipinski definition) is 6. The molecule has 3 aromatic heterocycles. The van der Waals surface area contributed by atoms with Gasteiger partial charge in [0, 0.05) is 10.6 Å². The van der Waals surface area contributed by atoms with Crippen LogP contribution in [-0.4, -0.2) is 34.8 Å². The van der Waals surface area contributed by atoms with Gasteiger partial charge in [-0.25, -0.2) is 4.68 Å². The smallest absolute Gasteiger partial charge is 0.217 e. The molecule has 0 bridgehead atoms. The first-order chi connectivity index (χ1) is 13.6. The lowest BCUT2D eigenvalue weighted by atomic mass is 10.1. The normalized spacial score (nSPS) is 11.4. The first-order valence-electron chi connectivity index (χ1n) is 8.58. The Morgan fingerprint density at radius 3 is 2.57 bits per heavy atom. The van der Waals surface area contributed by atoms with Crippen LogP contribution in [0.1, 0.15) is 11.3 Å². The van der Waals surface area contributed by atoms with Gasteiger partial charge in [0.2, 0.25) is 10.8 Å². The number of hydrogen-bond donors (Lipinski definition) is 0. The van der Waals surface area contributed by atoms with Gasteiger partial charge in [0.25, 0.3) is 0 Å². The molecule has 5 aromatic rings. The monoisotopic (exact) mass is 407 g/mol. The van der Waals surface area contributed by atoms with Gasteiger partial charge in [-0.2, -0.15) is 9.61 Å². The van der Waals surface area contributed by atoms with Crippen molar-refractivity contribution in [3.8, 4) is 27.8 Å². The topological polar surface area (TPSA) is 73.8 Å². The molecule has 0 aliphatic heterocycles. The Labute approximate surface area is 169 Å². The number of halogens is 1. The second-order valence-electron chi connectivity index (χ2n) is 6.41. The van der Waals surface area contributed by atoms with Crippen molar-refractivity contribution in [1.82, 2.24) is 34.8 Å². The summed E-state index contributed by atoms with van der Waals surface area (Å²) < 4.78 is 3.48. The van der Waals surface area contributed by atoms with E-state index in [-0.39, 0.29) is 0 Å². The van der Waals surface area contributed by atoms with Crippen LogP contribution in [0.15, 0.2) is 48.5 Å². The van der Waals surface area contributed by atoms with Crippen molar-refractivity contribution in [3.05, 3.63) is 64.8 Å². The van der Waals surface area contributed by atoms with E-state index in [1.807, 2.05) is 43.3 Å². The Hall–Kier alpha value is -3.10. The maximum atomic E-state index is 5.98. The predicted octanol–water partition coefficient (Wildman–Crippen LogP) is 4.37. The van der Waals surface area contributed by atoms with Gasteiger partial charge in [-0.3, -0.25) is 0 Å². The lowest BCUT2D eigenvalue weighted by molar-refractivity contribution is 0.785. The average molecular weight is 408 g/mol. The van der Waals surface area contributed by atoms with Crippen LogP contribution < -0.4 is 0 Å². The molecule has 2 aromatic carbocycles. The SMILES string of the molecule is Cc1cccc(-c2nn3c(-c4nnn(-c5ccc(Cl)cc5)c4C)nnc3s2)c1. The molecule has 0 fully saturated rings. The Kier molecular flexibility index (Phi) is 3.96. The summed E-state index contributed by atoms with van der Waals surface area (Å²) in [6.45, 7) is 4.01. The molecule has 0 atom stereocenters. The molecule has 0 radical (unpaired) electrons. The van der Waals surface area contributed by atoms with Gasteiger partial charge in [-0.1, -0.05) is 51.9 Å². The van der Waals surface area contributed by atoms with E-state index in [1.54, 1.807) is 9.20 Å². The Morgan fingerprint density at radius 2 is 1.79 bits per heavy atom. The van der Waals surface area contributed by atoms with Gasteiger partial charge >= 0.3 is 0 Å². The summed E-state index contributed by atoms with van der Waals surface area (Å²) in [4.78, 5) is 0.715. The highest BCUT2D eigenvalue weighted by Crippen LogP contribution is 2.29. The third kappa shape index (κ3) is 2.78. The van der Waals surface area contributed by atoms with Gasteiger partial charge in [-0.05, 0) is 44.2 Å². The molecule has 0 N–H and O–H groups in total. The molecule has 0 saturated carbocycles. The fourth-order valence-corrected chi connectivity index (χ4v) is 3.98. The van der Waals surface area contributed by atoms with Gasteiger partial charge in [-0.15, -0.1) is 15.3 Å². The minimum atomic E-state index is 0.572. The van der Waals surface area contributed by atoms with Crippen molar-refractivity contribution >= 4 is 27.9 Å². The van der Waals surface area contributed by atoms with E-state index in [1.165, 1.54) is 16.9 Å². The van der Waals surface area contributed by atoms with E-state index in [9.17, 15) is 0 Å². The summed E-state index contributed by atoms with van der Waals surface area (Å²) in [6, 6.07) is 15.7. The summed E-state index contributed by atoms with van der Waals surface area (Å²) in [5.74, 6) is 0.572. The van der Waals surface area contributed by atoms with Crippen LogP contribution in [0.5, 0.6) is 0 Å². The van der Waals surface area contributed by atoms with Crippen LogP contribution in [0.2, 0.25) is 5.02 Å². The zero-order valence-electron chi connectivity index (χ0n) is 15.0. The quantitative estimate of drug-likeness (QED) is 0.444. The fraction of sp³-hybridized carbons (Fsp3) is 0.105. The van der Waals surface area contributed by atoms with Crippen molar-refractivity contribution in [1.29, 1.82) is 0 Å². The molecule has 138 valence electrons. The van der Waals surface area contributed by atoms with Crippen molar-refractivity contribution in [2.75, 3.05) is 0 Å². The number of aryl methyl sites for hydroxylation is 1. The van der Waals surface area contributed by atoms with Crippen LogP contribution in [-0.2, 0) is 0 Å². The Balaban J connectivity index is 1.59. The molecule has 0 aliphatic carbocycles. The number of rotatable bonds is 3. The second-order valence-corrected chi connectivity index (χ2v) is 7.80. The number of fused-ring (bicyclic) bond motifs is 1.